The predicted molar refractivity (Wildman–Crippen MR) is 99.5 cm³/mol. The third-order valence-electron chi connectivity index (χ3n) is 4.60. The molecule has 0 spiro atoms. The first kappa shape index (κ1) is 18.8. The van der Waals surface area contributed by atoms with E-state index < -0.39 is 12.1 Å². The maximum atomic E-state index is 13.6. The second-order valence-electron chi connectivity index (χ2n) is 6.68. The van der Waals surface area contributed by atoms with Crippen molar-refractivity contribution >= 4 is 17.6 Å². The molecule has 0 aromatic heterocycles. The minimum atomic E-state index is -0.982. The number of hydrogen-bond donors (Lipinski definition) is 2. The van der Waals surface area contributed by atoms with Crippen LogP contribution < -0.4 is 10.4 Å². The summed E-state index contributed by atoms with van der Waals surface area (Å²) in [5.41, 5.74) is 4.47. The predicted octanol–water partition coefficient (Wildman–Crippen LogP) is 3.28. The van der Waals surface area contributed by atoms with Gasteiger partial charge in [0.15, 0.2) is 0 Å². The van der Waals surface area contributed by atoms with E-state index in [2.05, 4.69) is 0 Å². The number of nitrogens with one attached hydrogen (secondary N) is 1. The molecule has 27 heavy (non-hydrogen) atoms. The van der Waals surface area contributed by atoms with Gasteiger partial charge < -0.3 is 4.90 Å². The van der Waals surface area contributed by atoms with E-state index in [0.29, 0.717) is 18.5 Å². The molecule has 1 saturated heterocycles. The highest BCUT2D eigenvalue weighted by molar-refractivity contribution is 5.94. The normalized spacial score (nSPS) is 16.3. The van der Waals surface area contributed by atoms with E-state index in [1.165, 1.54) is 4.90 Å². The fraction of sp³-hybridized carbons (Fsp3) is 0.300. The number of halogens is 1. The Morgan fingerprint density at radius 3 is 2.59 bits per heavy atom. The standard InChI is InChI=1S/C20H22FN3O3/c1-14-3-2-4-18(11-14)24(20(26)23-10-9-17(21)13-23)12-15-5-7-16(8-6-15)19(25)22-27/h2-8,11,17,27H,9-10,12-13H2,1H3,(H,22,25)/t17-/m1/s1. The number of benzene rings is 2. The lowest BCUT2D eigenvalue weighted by Crippen LogP contribution is -2.42. The van der Waals surface area contributed by atoms with Crippen LogP contribution in [-0.4, -0.2) is 41.3 Å². The minimum Gasteiger partial charge on any atom is -0.321 e. The van der Waals surface area contributed by atoms with Gasteiger partial charge >= 0.3 is 6.03 Å². The summed E-state index contributed by atoms with van der Waals surface area (Å²) >= 11 is 0. The number of alkyl halides is 1. The number of aryl methyl sites for hydroxylation is 1. The molecule has 2 aromatic rings. The van der Waals surface area contributed by atoms with E-state index >= 15 is 0 Å². The van der Waals surface area contributed by atoms with Gasteiger partial charge in [0, 0.05) is 17.8 Å². The van der Waals surface area contributed by atoms with Crippen LogP contribution in [0.2, 0.25) is 0 Å². The average molecular weight is 371 g/mol. The van der Waals surface area contributed by atoms with E-state index in [1.807, 2.05) is 31.2 Å². The first-order valence-corrected chi connectivity index (χ1v) is 8.78. The highest BCUT2D eigenvalue weighted by atomic mass is 19.1. The van der Waals surface area contributed by atoms with Gasteiger partial charge in [-0.25, -0.2) is 14.7 Å². The van der Waals surface area contributed by atoms with Crippen LogP contribution in [0.4, 0.5) is 14.9 Å². The van der Waals surface area contributed by atoms with Crippen molar-refractivity contribution in [2.45, 2.75) is 26.1 Å². The zero-order chi connectivity index (χ0) is 19.4. The van der Waals surface area contributed by atoms with Crippen molar-refractivity contribution in [2.75, 3.05) is 18.0 Å². The summed E-state index contributed by atoms with van der Waals surface area (Å²) < 4.78 is 13.6. The van der Waals surface area contributed by atoms with Crippen LogP contribution in [0, 0.1) is 6.92 Å². The van der Waals surface area contributed by atoms with Gasteiger partial charge in [0.2, 0.25) is 0 Å². The largest absolute Gasteiger partial charge is 0.324 e. The molecule has 0 bridgehead atoms. The number of urea groups is 1. The van der Waals surface area contributed by atoms with Gasteiger partial charge in [0.1, 0.15) is 6.17 Å². The lowest BCUT2D eigenvalue weighted by molar-refractivity contribution is 0.0706. The van der Waals surface area contributed by atoms with Crippen LogP contribution in [0.1, 0.15) is 27.9 Å². The van der Waals surface area contributed by atoms with E-state index in [-0.39, 0.29) is 19.1 Å². The third kappa shape index (κ3) is 4.43. The van der Waals surface area contributed by atoms with Crippen LogP contribution in [-0.2, 0) is 6.54 Å². The topological polar surface area (TPSA) is 72.9 Å². The number of nitrogens with zero attached hydrogens (tertiary/aromatic N) is 2. The van der Waals surface area contributed by atoms with Crippen molar-refractivity contribution in [3.63, 3.8) is 0 Å². The number of hydroxylamine groups is 1. The minimum absolute atomic E-state index is 0.108. The van der Waals surface area contributed by atoms with Crippen LogP contribution in [0.5, 0.6) is 0 Å². The summed E-state index contributed by atoms with van der Waals surface area (Å²) in [6.07, 6.45) is -0.622. The highest BCUT2D eigenvalue weighted by Gasteiger charge is 2.30. The number of likely N-dealkylation sites (tertiary alicyclic amines) is 1. The van der Waals surface area contributed by atoms with Crippen molar-refractivity contribution in [2.24, 2.45) is 0 Å². The number of carbonyl (C=O) groups excluding carboxylic acids is 2. The van der Waals surface area contributed by atoms with Gasteiger partial charge in [-0.3, -0.25) is 14.9 Å². The fourth-order valence-corrected chi connectivity index (χ4v) is 3.14. The summed E-state index contributed by atoms with van der Waals surface area (Å²) in [5.74, 6) is -0.598. The van der Waals surface area contributed by atoms with Crippen LogP contribution in [0.15, 0.2) is 48.5 Å². The van der Waals surface area contributed by atoms with Crippen molar-refractivity contribution in [1.82, 2.24) is 10.4 Å². The molecule has 3 amide bonds. The second kappa shape index (κ2) is 8.18. The molecule has 0 saturated carbocycles. The van der Waals surface area contributed by atoms with Gasteiger partial charge in [-0.05, 0) is 48.7 Å². The monoisotopic (exact) mass is 371 g/mol. The Morgan fingerprint density at radius 2 is 2.00 bits per heavy atom. The summed E-state index contributed by atoms with van der Waals surface area (Å²) in [5, 5.41) is 8.70. The molecule has 1 fully saturated rings. The number of carbonyl (C=O) groups is 2. The average Bonchev–Trinajstić information content (AvgIpc) is 3.12. The molecule has 3 rings (SSSR count). The fourth-order valence-electron chi connectivity index (χ4n) is 3.14. The Bertz CT molecular complexity index is 825. The molecule has 2 aromatic carbocycles. The molecule has 6 nitrogen and oxygen atoms in total. The molecule has 2 N–H and O–H groups in total. The zero-order valence-electron chi connectivity index (χ0n) is 15.1. The Balaban J connectivity index is 1.85. The van der Waals surface area contributed by atoms with E-state index in [9.17, 15) is 14.0 Å². The maximum absolute atomic E-state index is 13.6. The Kier molecular flexibility index (Phi) is 5.71. The molecule has 1 atom stereocenters. The quantitative estimate of drug-likeness (QED) is 0.640. The lowest BCUT2D eigenvalue weighted by atomic mass is 10.1. The van der Waals surface area contributed by atoms with Gasteiger partial charge in [0.25, 0.3) is 5.91 Å². The van der Waals surface area contributed by atoms with Crippen molar-refractivity contribution < 1.29 is 19.2 Å². The Labute approximate surface area is 157 Å². The lowest BCUT2D eigenvalue weighted by Gasteiger charge is -2.28. The van der Waals surface area contributed by atoms with Crippen LogP contribution in [0.3, 0.4) is 0 Å². The van der Waals surface area contributed by atoms with Crippen molar-refractivity contribution in [3.05, 3.63) is 65.2 Å². The summed E-state index contributed by atoms with van der Waals surface area (Å²) in [6.45, 7) is 2.74. The van der Waals surface area contributed by atoms with E-state index in [0.717, 1.165) is 16.8 Å². The van der Waals surface area contributed by atoms with Gasteiger partial charge in [-0.15, -0.1) is 0 Å². The number of anilines is 1. The van der Waals surface area contributed by atoms with E-state index in [1.54, 1.807) is 34.6 Å². The Morgan fingerprint density at radius 1 is 1.26 bits per heavy atom. The third-order valence-corrected chi connectivity index (χ3v) is 4.60. The molecule has 1 aliphatic rings. The molecule has 0 radical (unpaired) electrons. The molecular weight excluding hydrogens is 349 g/mol. The summed E-state index contributed by atoms with van der Waals surface area (Å²) in [4.78, 5) is 27.6. The molecule has 0 aliphatic carbocycles. The summed E-state index contributed by atoms with van der Waals surface area (Å²) in [6, 6.07) is 13.9. The maximum Gasteiger partial charge on any atom is 0.324 e. The van der Waals surface area contributed by atoms with Crippen molar-refractivity contribution in [3.8, 4) is 0 Å². The molecule has 1 heterocycles. The van der Waals surface area contributed by atoms with E-state index in [4.69, 9.17) is 5.21 Å². The molecular formula is C20H22FN3O3. The van der Waals surface area contributed by atoms with Gasteiger partial charge in [0.05, 0.1) is 13.1 Å². The summed E-state index contributed by atoms with van der Waals surface area (Å²) in [7, 11) is 0. The first-order valence-electron chi connectivity index (χ1n) is 8.78. The molecule has 7 heteroatoms. The first-order chi connectivity index (χ1) is 13.0. The smallest absolute Gasteiger partial charge is 0.321 e. The highest BCUT2D eigenvalue weighted by Crippen LogP contribution is 2.23. The Hall–Kier alpha value is -2.93. The van der Waals surface area contributed by atoms with Crippen LogP contribution in [0.25, 0.3) is 0 Å². The van der Waals surface area contributed by atoms with Crippen molar-refractivity contribution in [1.29, 1.82) is 0 Å². The molecule has 1 aliphatic heterocycles. The number of hydrogen-bond acceptors (Lipinski definition) is 3. The zero-order valence-corrected chi connectivity index (χ0v) is 15.1. The number of rotatable bonds is 4. The SMILES string of the molecule is Cc1cccc(N(Cc2ccc(C(=O)NO)cc2)C(=O)N2CC[C@@H](F)C2)c1. The van der Waals surface area contributed by atoms with Gasteiger partial charge in [-0.2, -0.15) is 0 Å². The van der Waals surface area contributed by atoms with Crippen LogP contribution >= 0.6 is 0 Å². The van der Waals surface area contributed by atoms with Gasteiger partial charge in [-0.1, -0.05) is 24.3 Å². The number of amides is 3. The molecule has 0 unspecified atom stereocenters. The second-order valence-corrected chi connectivity index (χ2v) is 6.68. The molecule has 142 valence electrons.